The van der Waals surface area contributed by atoms with E-state index in [0.717, 1.165) is 12.8 Å². The van der Waals surface area contributed by atoms with E-state index in [0.29, 0.717) is 24.8 Å². The molecule has 0 amide bonds. The van der Waals surface area contributed by atoms with Crippen molar-refractivity contribution in [3.05, 3.63) is 12.1 Å². The predicted molar refractivity (Wildman–Crippen MR) is 68.7 cm³/mol. The predicted octanol–water partition coefficient (Wildman–Crippen LogP) is 0.288. The largest absolute Gasteiger partial charge is 0.480 e. The van der Waals surface area contributed by atoms with Crippen molar-refractivity contribution in [1.82, 2.24) is 14.5 Å². The maximum absolute atomic E-state index is 11.5. The van der Waals surface area contributed by atoms with Gasteiger partial charge in [-0.2, -0.15) is 4.31 Å². The van der Waals surface area contributed by atoms with Crippen LogP contribution in [0.15, 0.2) is 12.1 Å². The Bertz CT molecular complexity index is 517. The molecule has 0 bridgehead atoms. The first kappa shape index (κ1) is 14.0. The fourth-order valence-electron chi connectivity index (χ4n) is 1.95. The van der Waals surface area contributed by atoms with E-state index in [-0.39, 0.29) is 6.10 Å². The van der Waals surface area contributed by atoms with Crippen LogP contribution in [0.5, 0.6) is 11.8 Å². The Morgan fingerprint density at radius 1 is 1.32 bits per heavy atom. The molecular formula is C11H17N3O4S. The van der Waals surface area contributed by atoms with E-state index in [1.54, 1.807) is 12.1 Å². The second-order valence-corrected chi connectivity index (χ2v) is 6.40. The van der Waals surface area contributed by atoms with Gasteiger partial charge in [-0.25, -0.2) is 8.42 Å². The fraction of sp³-hybridized carbons (Fsp3) is 0.636. The zero-order chi connectivity index (χ0) is 13.9. The Labute approximate surface area is 112 Å². The number of nitrogens with zero attached hydrogens (tertiary/aromatic N) is 3. The molecule has 1 aromatic rings. The molecule has 1 aliphatic heterocycles. The first-order valence-corrected chi connectivity index (χ1v) is 7.83. The lowest BCUT2D eigenvalue weighted by molar-refractivity contribution is 0.123. The van der Waals surface area contributed by atoms with Crippen LogP contribution < -0.4 is 9.47 Å². The highest BCUT2D eigenvalue weighted by Crippen LogP contribution is 2.18. The van der Waals surface area contributed by atoms with Gasteiger partial charge in [0.15, 0.2) is 0 Å². The molecule has 2 heterocycles. The fourth-order valence-corrected chi connectivity index (χ4v) is 2.85. The van der Waals surface area contributed by atoms with Gasteiger partial charge < -0.3 is 9.47 Å². The molecule has 1 saturated heterocycles. The normalized spacial score (nSPS) is 21.1. The van der Waals surface area contributed by atoms with E-state index >= 15 is 0 Å². The van der Waals surface area contributed by atoms with Gasteiger partial charge in [0.05, 0.1) is 19.9 Å². The van der Waals surface area contributed by atoms with Gasteiger partial charge >= 0.3 is 0 Å². The second-order valence-electron chi connectivity index (χ2n) is 4.42. The molecular weight excluding hydrogens is 270 g/mol. The summed E-state index contributed by atoms with van der Waals surface area (Å²) in [7, 11) is -1.65. The quantitative estimate of drug-likeness (QED) is 0.791. The molecule has 8 heteroatoms. The van der Waals surface area contributed by atoms with Crippen LogP contribution in [0.2, 0.25) is 0 Å². The summed E-state index contributed by atoms with van der Waals surface area (Å²) >= 11 is 0. The molecule has 1 fully saturated rings. The Hall–Kier alpha value is -1.41. The number of aromatic nitrogens is 2. The average molecular weight is 287 g/mol. The van der Waals surface area contributed by atoms with Crippen molar-refractivity contribution >= 4 is 10.0 Å². The topological polar surface area (TPSA) is 81.6 Å². The molecule has 19 heavy (non-hydrogen) atoms. The van der Waals surface area contributed by atoms with Crippen molar-refractivity contribution in [3.8, 4) is 11.8 Å². The summed E-state index contributed by atoms with van der Waals surface area (Å²) in [5, 5.41) is 7.67. The lowest BCUT2D eigenvalue weighted by Gasteiger charge is -2.30. The Kier molecular flexibility index (Phi) is 4.20. The van der Waals surface area contributed by atoms with Crippen molar-refractivity contribution in [3.63, 3.8) is 0 Å². The van der Waals surface area contributed by atoms with E-state index in [1.165, 1.54) is 17.7 Å². The molecule has 2 rings (SSSR count). The third kappa shape index (κ3) is 3.77. The highest BCUT2D eigenvalue weighted by Gasteiger charge is 2.27. The third-order valence-electron chi connectivity index (χ3n) is 2.92. The average Bonchev–Trinajstić information content (AvgIpc) is 2.39. The van der Waals surface area contributed by atoms with Crippen molar-refractivity contribution < 1.29 is 17.9 Å². The summed E-state index contributed by atoms with van der Waals surface area (Å²) in [6.45, 7) is 0.902. The number of piperidine rings is 1. The molecule has 1 aliphatic rings. The van der Waals surface area contributed by atoms with Gasteiger partial charge in [0.25, 0.3) is 0 Å². The zero-order valence-electron chi connectivity index (χ0n) is 10.9. The summed E-state index contributed by atoms with van der Waals surface area (Å²) in [6, 6.07) is 3.31. The standard InChI is InChI=1S/C11H17N3O4S/c1-17-10-5-6-11(13-12-10)18-9-4-3-7-14(8-9)19(2,15)16/h5-6,9H,3-4,7-8H2,1-2H3. The molecule has 7 nitrogen and oxygen atoms in total. The molecule has 0 spiro atoms. The SMILES string of the molecule is COc1ccc(OC2CCCN(S(C)(=O)=O)C2)nn1. The molecule has 0 N–H and O–H groups in total. The van der Waals surface area contributed by atoms with Crippen LogP contribution in [-0.2, 0) is 10.0 Å². The minimum absolute atomic E-state index is 0.189. The smallest absolute Gasteiger partial charge is 0.233 e. The molecule has 106 valence electrons. The van der Waals surface area contributed by atoms with Gasteiger partial charge in [-0.15, -0.1) is 10.2 Å². The monoisotopic (exact) mass is 287 g/mol. The summed E-state index contributed by atoms with van der Waals surface area (Å²) in [6.07, 6.45) is 2.61. The van der Waals surface area contributed by atoms with E-state index < -0.39 is 10.0 Å². The first-order valence-electron chi connectivity index (χ1n) is 5.98. The van der Waals surface area contributed by atoms with Crippen LogP contribution in [0.25, 0.3) is 0 Å². The Morgan fingerprint density at radius 2 is 2.00 bits per heavy atom. The second kappa shape index (κ2) is 5.70. The van der Waals surface area contributed by atoms with E-state index in [2.05, 4.69) is 10.2 Å². The van der Waals surface area contributed by atoms with Crippen LogP contribution in [-0.4, -0.2) is 55.5 Å². The summed E-state index contributed by atoms with van der Waals surface area (Å²) in [5.74, 6) is 0.787. The molecule has 1 unspecified atom stereocenters. The van der Waals surface area contributed by atoms with Gasteiger partial charge in [-0.1, -0.05) is 0 Å². The minimum atomic E-state index is -3.16. The van der Waals surface area contributed by atoms with Gasteiger partial charge in [-0.3, -0.25) is 0 Å². The van der Waals surface area contributed by atoms with Crippen LogP contribution in [0.4, 0.5) is 0 Å². The molecule has 0 radical (unpaired) electrons. The number of methoxy groups -OCH3 is 1. The maximum Gasteiger partial charge on any atom is 0.233 e. The molecule has 1 aromatic heterocycles. The molecule has 0 aliphatic carbocycles. The number of sulfonamides is 1. The minimum Gasteiger partial charge on any atom is -0.480 e. The van der Waals surface area contributed by atoms with Crippen LogP contribution >= 0.6 is 0 Å². The zero-order valence-corrected chi connectivity index (χ0v) is 11.8. The van der Waals surface area contributed by atoms with Crippen LogP contribution in [0.1, 0.15) is 12.8 Å². The lowest BCUT2D eigenvalue weighted by Crippen LogP contribution is -2.43. The Morgan fingerprint density at radius 3 is 2.58 bits per heavy atom. The summed E-state index contributed by atoms with van der Waals surface area (Å²) < 4.78 is 35.0. The Balaban J connectivity index is 1.98. The number of ether oxygens (including phenoxy) is 2. The molecule has 0 saturated carbocycles. The number of hydrogen-bond donors (Lipinski definition) is 0. The summed E-state index contributed by atoms with van der Waals surface area (Å²) in [5.41, 5.74) is 0. The summed E-state index contributed by atoms with van der Waals surface area (Å²) in [4.78, 5) is 0. The van der Waals surface area contributed by atoms with Crippen molar-refractivity contribution in [1.29, 1.82) is 0 Å². The third-order valence-corrected chi connectivity index (χ3v) is 4.19. The van der Waals surface area contributed by atoms with Crippen LogP contribution in [0, 0.1) is 0 Å². The van der Waals surface area contributed by atoms with Gasteiger partial charge in [0, 0.05) is 18.7 Å². The van der Waals surface area contributed by atoms with Gasteiger partial charge in [-0.05, 0) is 12.8 Å². The van der Waals surface area contributed by atoms with Gasteiger partial charge in [0.2, 0.25) is 21.8 Å². The van der Waals surface area contributed by atoms with E-state index in [4.69, 9.17) is 9.47 Å². The molecule has 0 aromatic carbocycles. The van der Waals surface area contributed by atoms with Crippen LogP contribution in [0.3, 0.4) is 0 Å². The van der Waals surface area contributed by atoms with E-state index in [1.807, 2.05) is 0 Å². The van der Waals surface area contributed by atoms with E-state index in [9.17, 15) is 8.42 Å². The van der Waals surface area contributed by atoms with Crippen molar-refractivity contribution in [2.24, 2.45) is 0 Å². The highest BCUT2D eigenvalue weighted by molar-refractivity contribution is 7.88. The first-order chi connectivity index (χ1) is 8.99. The number of rotatable bonds is 4. The van der Waals surface area contributed by atoms with Crippen molar-refractivity contribution in [2.45, 2.75) is 18.9 Å². The highest BCUT2D eigenvalue weighted by atomic mass is 32.2. The van der Waals surface area contributed by atoms with Gasteiger partial charge in [0.1, 0.15) is 6.10 Å². The maximum atomic E-state index is 11.5. The number of hydrogen-bond acceptors (Lipinski definition) is 6. The molecule has 1 atom stereocenters. The lowest BCUT2D eigenvalue weighted by atomic mass is 10.1. The van der Waals surface area contributed by atoms with Crippen molar-refractivity contribution in [2.75, 3.05) is 26.5 Å².